The molecule has 3 aromatic carbocycles. The number of anilines is 1. The minimum absolute atomic E-state index is 0.0250. The molecule has 3 amide bonds. The zero-order chi connectivity index (χ0) is 27.7. The molecule has 0 heterocycles. The molecule has 198 valence electrons. The molecule has 0 aromatic heterocycles. The molecule has 1 atom stereocenters. The van der Waals surface area contributed by atoms with Crippen LogP contribution in [0.2, 0.25) is 10.0 Å². The first-order chi connectivity index (χ1) is 18.2. The summed E-state index contributed by atoms with van der Waals surface area (Å²) in [5, 5.41) is 7.64. The number of nitrogens with two attached hydrogens (primary N) is 1. The van der Waals surface area contributed by atoms with Gasteiger partial charge in [0.1, 0.15) is 6.04 Å². The monoisotopic (exact) mass is 556 g/mol. The second kappa shape index (κ2) is 13.5. The van der Waals surface area contributed by atoms with E-state index in [1.807, 2.05) is 30.3 Å². The summed E-state index contributed by atoms with van der Waals surface area (Å²) in [4.78, 5) is 50.0. The zero-order valence-corrected chi connectivity index (χ0v) is 21.9. The lowest BCUT2D eigenvalue weighted by Gasteiger charge is -2.19. The van der Waals surface area contributed by atoms with Gasteiger partial charge in [-0.3, -0.25) is 14.4 Å². The first-order valence-corrected chi connectivity index (χ1v) is 12.4. The Kier molecular flexibility index (Phi) is 10.1. The minimum Gasteiger partial charge on any atom is -0.464 e. The van der Waals surface area contributed by atoms with Gasteiger partial charge < -0.3 is 26.4 Å². The Balaban J connectivity index is 1.65. The summed E-state index contributed by atoms with van der Waals surface area (Å²) in [6, 6.07) is 17.6. The lowest BCUT2D eigenvalue weighted by Crippen LogP contribution is -2.50. The summed E-state index contributed by atoms with van der Waals surface area (Å²) in [6.45, 7) is 1.00. The topological polar surface area (TPSA) is 140 Å². The van der Waals surface area contributed by atoms with E-state index in [0.29, 0.717) is 16.8 Å². The SMILES string of the molecule is CCOC(=O)[C@H](CNC(=O)CNC(=O)c1cccc(N)c1)NC(=O)c1c(Cl)cc(-c2ccccc2)cc1Cl. The van der Waals surface area contributed by atoms with Gasteiger partial charge in [-0.05, 0) is 48.4 Å². The highest BCUT2D eigenvalue weighted by molar-refractivity contribution is 6.40. The summed E-state index contributed by atoms with van der Waals surface area (Å²) in [5.41, 5.74) is 7.92. The average molecular weight is 557 g/mol. The lowest BCUT2D eigenvalue weighted by molar-refractivity contribution is -0.145. The van der Waals surface area contributed by atoms with Crippen LogP contribution in [0.4, 0.5) is 5.69 Å². The van der Waals surface area contributed by atoms with Crippen LogP contribution in [-0.2, 0) is 14.3 Å². The molecule has 3 aromatic rings. The largest absolute Gasteiger partial charge is 0.464 e. The number of benzene rings is 3. The van der Waals surface area contributed by atoms with Gasteiger partial charge in [-0.25, -0.2) is 4.79 Å². The lowest BCUT2D eigenvalue weighted by atomic mass is 10.0. The van der Waals surface area contributed by atoms with Crippen LogP contribution in [0.15, 0.2) is 66.7 Å². The number of hydrogen-bond acceptors (Lipinski definition) is 6. The van der Waals surface area contributed by atoms with Crippen LogP contribution in [0.25, 0.3) is 11.1 Å². The number of esters is 1. The number of nitrogen functional groups attached to an aromatic ring is 1. The predicted molar refractivity (Wildman–Crippen MR) is 146 cm³/mol. The number of rotatable bonds is 10. The van der Waals surface area contributed by atoms with Crippen LogP contribution in [0.5, 0.6) is 0 Å². The van der Waals surface area contributed by atoms with Crippen molar-refractivity contribution in [3.8, 4) is 11.1 Å². The number of halogens is 2. The molecule has 3 rings (SSSR count). The molecule has 0 saturated heterocycles. The van der Waals surface area contributed by atoms with E-state index < -0.39 is 29.7 Å². The van der Waals surface area contributed by atoms with E-state index in [-0.39, 0.29) is 35.3 Å². The minimum atomic E-state index is -1.24. The van der Waals surface area contributed by atoms with E-state index in [4.69, 9.17) is 33.7 Å². The van der Waals surface area contributed by atoms with Crippen molar-refractivity contribution < 1.29 is 23.9 Å². The number of amides is 3. The molecular weight excluding hydrogens is 531 g/mol. The maximum absolute atomic E-state index is 13.0. The fourth-order valence-electron chi connectivity index (χ4n) is 3.47. The molecule has 0 aliphatic heterocycles. The fraction of sp³-hybridized carbons (Fsp3) is 0.185. The molecule has 0 aliphatic carbocycles. The Hall–Kier alpha value is -4.08. The van der Waals surface area contributed by atoms with Gasteiger partial charge in [0.2, 0.25) is 5.91 Å². The maximum atomic E-state index is 13.0. The van der Waals surface area contributed by atoms with Crippen molar-refractivity contribution in [1.82, 2.24) is 16.0 Å². The van der Waals surface area contributed by atoms with Crippen LogP contribution in [0.3, 0.4) is 0 Å². The van der Waals surface area contributed by atoms with E-state index >= 15 is 0 Å². The maximum Gasteiger partial charge on any atom is 0.330 e. The molecular formula is C27H26Cl2N4O5. The van der Waals surface area contributed by atoms with Crippen LogP contribution in [0, 0.1) is 0 Å². The normalized spacial score (nSPS) is 11.2. The molecule has 9 nitrogen and oxygen atoms in total. The Morgan fingerprint density at radius 2 is 1.55 bits per heavy atom. The predicted octanol–water partition coefficient (Wildman–Crippen LogP) is 3.45. The first kappa shape index (κ1) is 28.5. The smallest absolute Gasteiger partial charge is 0.330 e. The number of carbonyl (C=O) groups is 4. The van der Waals surface area contributed by atoms with Gasteiger partial charge in [-0.1, -0.05) is 59.6 Å². The summed E-state index contributed by atoms with van der Waals surface area (Å²) >= 11 is 12.8. The van der Waals surface area contributed by atoms with E-state index in [2.05, 4.69) is 16.0 Å². The van der Waals surface area contributed by atoms with Gasteiger partial charge in [0.05, 0.1) is 28.8 Å². The molecule has 38 heavy (non-hydrogen) atoms. The van der Waals surface area contributed by atoms with Crippen LogP contribution < -0.4 is 21.7 Å². The van der Waals surface area contributed by atoms with Gasteiger partial charge >= 0.3 is 5.97 Å². The van der Waals surface area contributed by atoms with Crippen molar-refractivity contribution >= 4 is 52.6 Å². The highest BCUT2D eigenvalue weighted by atomic mass is 35.5. The van der Waals surface area contributed by atoms with Crippen molar-refractivity contribution in [1.29, 1.82) is 0 Å². The molecule has 0 bridgehead atoms. The first-order valence-electron chi connectivity index (χ1n) is 11.6. The third-order valence-corrected chi connectivity index (χ3v) is 5.91. The standard InChI is InChI=1S/C27H26Cl2N4O5/c1-2-38-27(37)22(14-31-23(34)15-32-25(35)17-9-6-10-19(30)11-17)33-26(36)24-20(28)12-18(13-21(24)29)16-7-4-3-5-8-16/h3-13,22H,2,14-15,30H2,1H3,(H,31,34)(H,32,35)(H,33,36)/t22-/m0/s1. The third-order valence-electron chi connectivity index (χ3n) is 5.31. The van der Waals surface area contributed by atoms with Crippen molar-refractivity contribution in [2.75, 3.05) is 25.4 Å². The number of nitrogens with one attached hydrogen (secondary N) is 3. The Bertz CT molecular complexity index is 1310. The molecule has 0 saturated carbocycles. The van der Waals surface area contributed by atoms with Crippen LogP contribution >= 0.6 is 23.2 Å². The van der Waals surface area contributed by atoms with E-state index in [1.165, 1.54) is 6.07 Å². The van der Waals surface area contributed by atoms with Crippen LogP contribution in [-0.4, -0.2) is 49.4 Å². The van der Waals surface area contributed by atoms with Gasteiger partial charge in [-0.2, -0.15) is 0 Å². The molecule has 0 radical (unpaired) electrons. The summed E-state index contributed by atoms with van der Waals surface area (Å²) in [5.74, 6) is -2.57. The van der Waals surface area contributed by atoms with Crippen molar-refractivity contribution in [2.24, 2.45) is 0 Å². The fourth-order valence-corrected chi connectivity index (χ4v) is 4.13. The summed E-state index contributed by atoms with van der Waals surface area (Å²) in [7, 11) is 0. The molecule has 5 N–H and O–H groups in total. The molecule has 11 heteroatoms. The highest BCUT2D eigenvalue weighted by Crippen LogP contribution is 2.31. The van der Waals surface area contributed by atoms with E-state index in [1.54, 1.807) is 37.3 Å². The van der Waals surface area contributed by atoms with Gasteiger partial charge in [-0.15, -0.1) is 0 Å². The average Bonchev–Trinajstić information content (AvgIpc) is 2.89. The second-order valence-corrected chi connectivity index (χ2v) is 8.89. The van der Waals surface area contributed by atoms with Crippen molar-refractivity contribution in [3.63, 3.8) is 0 Å². The zero-order valence-electron chi connectivity index (χ0n) is 20.4. The quantitative estimate of drug-likeness (QED) is 0.223. The second-order valence-electron chi connectivity index (χ2n) is 8.07. The molecule has 0 aliphatic rings. The van der Waals surface area contributed by atoms with Crippen molar-refractivity contribution in [2.45, 2.75) is 13.0 Å². The third kappa shape index (κ3) is 7.71. The number of ether oxygens (including phenoxy) is 1. The summed E-state index contributed by atoms with van der Waals surface area (Å²) in [6.07, 6.45) is 0. The molecule has 0 fully saturated rings. The number of carbonyl (C=O) groups excluding carboxylic acids is 4. The van der Waals surface area contributed by atoms with Crippen LogP contribution in [0.1, 0.15) is 27.6 Å². The molecule has 0 spiro atoms. The Labute approximate surface area is 229 Å². The molecule has 0 unspecified atom stereocenters. The van der Waals surface area contributed by atoms with E-state index in [9.17, 15) is 19.2 Å². The van der Waals surface area contributed by atoms with Gasteiger partial charge in [0.15, 0.2) is 0 Å². The van der Waals surface area contributed by atoms with Crippen molar-refractivity contribution in [3.05, 3.63) is 87.9 Å². The highest BCUT2D eigenvalue weighted by Gasteiger charge is 2.26. The van der Waals surface area contributed by atoms with Gasteiger partial charge in [0, 0.05) is 17.8 Å². The van der Waals surface area contributed by atoms with Gasteiger partial charge in [0.25, 0.3) is 11.8 Å². The number of hydrogen-bond donors (Lipinski definition) is 4. The Morgan fingerprint density at radius 1 is 0.868 bits per heavy atom. The summed E-state index contributed by atoms with van der Waals surface area (Å²) < 4.78 is 5.03. The Morgan fingerprint density at radius 3 is 2.18 bits per heavy atom. The van der Waals surface area contributed by atoms with E-state index in [0.717, 1.165) is 5.56 Å².